The molecule has 0 aliphatic heterocycles. The zero-order chi connectivity index (χ0) is 29.5. The van der Waals surface area contributed by atoms with E-state index < -0.39 is 86.2 Å². The number of carboxylic acids is 4. The molecule has 0 saturated heterocycles. The van der Waals surface area contributed by atoms with E-state index in [4.69, 9.17) is 0 Å². The van der Waals surface area contributed by atoms with E-state index in [2.05, 4.69) is 0 Å². The van der Waals surface area contributed by atoms with Gasteiger partial charge in [-0.3, -0.25) is 0 Å². The Labute approximate surface area is 213 Å². The van der Waals surface area contributed by atoms with Gasteiger partial charge in [0.25, 0.3) is 0 Å². The number of alkyl halides is 6. The van der Waals surface area contributed by atoms with E-state index in [9.17, 15) is 52.8 Å². The van der Waals surface area contributed by atoms with Gasteiger partial charge in [0.1, 0.15) is 5.41 Å². The van der Waals surface area contributed by atoms with Gasteiger partial charge in [-0.2, -0.15) is 26.3 Å². The van der Waals surface area contributed by atoms with E-state index in [-0.39, 0.29) is 6.07 Å². The molecule has 0 fully saturated rings. The first-order chi connectivity index (χ1) is 17.9. The maximum Gasteiger partial charge on any atom is 0.416 e. The highest BCUT2D eigenvalue weighted by molar-refractivity contribution is 6.03. The lowest BCUT2D eigenvalue weighted by atomic mass is 9.67. The summed E-state index contributed by atoms with van der Waals surface area (Å²) < 4.78 is 86.2. The molecule has 0 aromatic heterocycles. The smallest absolute Gasteiger partial charge is 0.416 e. The van der Waals surface area contributed by atoms with Crippen LogP contribution in [-0.2, 0) is 11.6 Å². The number of benzene rings is 3. The molecular formula is C25H14F6O8. The molecule has 3 rings (SSSR count). The highest BCUT2D eigenvalue weighted by Gasteiger charge is 2.59. The summed E-state index contributed by atoms with van der Waals surface area (Å²) in [7, 11) is 0. The van der Waals surface area contributed by atoms with E-state index in [0.29, 0.717) is 54.6 Å². The molecule has 3 aromatic carbocycles. The van der Waals surface area contributed by atoms with Gasteiger partial charge in [0, 0.05) is 0 Å². The average molecular weight is 556 g/mol. The molecular weight excluding hydrogens is 542 g/mol. The second-order valence-corrected chi connectivity index (χ2v) is 8.07. The average Bonchev–Trinajstić information content (AvgIpc) is 2.82. The van der Waals surface area contributed by atoms with Gasteiger partial charge in [0.15, 0.2) is 0 Å². The normalized spacial score (nSPS) is 12.2. The third kappa shape index (κ3) is 5.00. The SMILES string of the molecule is O=C(O)c1ccc(C(c2cccc(C(F)(F)F)c2)(c2ccc(C(=O)O)c(C(=O)O)c2)C(F)(F)F)cc1C(=O)O. The first-order valence-electron chi connectivity index (χ1n) is 10.4. The molecule has 0 saturated carbocycles. The van der Waals surface area contributed by atoms with Crippen molar-refractivity contribution in [2.45, 2.75) is 17.8 Å². The first kappa shape index (κ1) is 28.7. The van der Waals surface area contributed by atoms with E-state index in [0.717, 1.165) is 0 Å². The van der Waals surface area contributed by atoms with Gasteiger partial charge in [0.05, 0.1) is 27.8 Å². The molecule has 0 aliphatic carbocycles. The van der Waals surface area contributed by atoms with E-state index in [1.165, 1.54) is 0 Å². The Balaban J connectivity index is 2.61. The summed E-state index contributed by atoms with van der Waals surface area (Å²) in [4.78, 5) is 46.4. The summed E-state index contributed by atoms with van der Waals surface area (Å²) in [6.45, 7) is 0. The predicted octanol–water partition coefficient (Wildman–Crippen LogP) is 5.39. The largest absolute Gasteiger partial charge is 0.478 e. The van der Waals surface area contributed by atoms with Crippen molar-refractivity contribution in [2.24, 2.45) is 0 Å². The second kappa shape index (κ2) is 9.78. The van der Waals surface area contributed by atoms with Crippen molar-refractivity contribution in [3.63, 3.8) is 0 Å². The summed E-state index contributed by atoms with van der Waals surface area (Å²) >= 11 is 0. The van der Waals surface area contributed by atoms with Crippen LogP contribution in [0.25, 0.3) is 0 Å². The molecule has 0 radical (unpaired) electrons. The Bertz CT molecular complexity index is 1430. The number of carboxylic acid groups (broad SMARTS) is 4. The number of hydrogen-bond acceptors (Lipinski definition) is 4. The molecule has 0 spiro atoms. The van der Waals surface area contributed by atoms with Gasteiger partial charge in [-0.1, -0.05) is 30.3 Å². The Hall–Kier alpha value is -4.88. The van der Waals surface area contributed by atoms with Crippen LogP contribution in [0.5, 0.6) is 0 Å². The minimum atomic E-state index is -5.63. The fourth-order valence-corrected chi connectivity index (χ4v) is 4.20. The summed E-state index contributed by atoms with van der Waals surface area (Å²) in [6, 6.07) is 4.60. The zero-order valence-corrected chi connectivity index (χ0v) is 19.0. The lowest BCUT2D eigenvalue weighted by molar-refractivity contribution is -0.167. The van der Waals surface area contributed by atoms with Gasteiger partial charge in [-0.05, 0) is 47.0 Å². The van der Waals surface area contributed by atoms with Crippen LogP contribution in [0.3, 0.4) is 0 Å². The van der Waals surface area contributed by atoms with Crippen molar-refractivity contribution in [1.82, 2.24) is 0 Å². The summed E-state index contributed by atoms with van der Waals surface area (Å²) in [6.07, 6.45) is -10.8. The lowest BCUT2D eigenvalue weighted by Gasteiger charge is -2.38. The van der Waals surface area contributed by atoms with Gasteiger partial charge < -0.3 is 20.4 Å². The van der Waals surface area contributed by atoms with Crippen LogP contribution < -0.4 is 0 Å². The first-order valence-corrected chi connectivity index (χ1v) is 10.4. The number of rotatable bonds is 7. The van der Waals surface area contributed by atoms with Gasteiger partial charge in [-0.25, -0.2) is 19.2 Å². The molecule has 8 nitrogen and oxygen atoms in total. The molecule has 0 amide bonds. The molecule has 0 bridgehead atoms. The monoisotopic (exact) mass is 556 g/mol. The summed E-state index contributed by atoms with van der Waals surface area (Å²) in [5.74, 6) is -7.59. The Morgan fingerprint density at radius 2 is 0.846 bits per heavy atom. The fraction of sp³-hybridized carbons (Fsp3) is 0.120. The van der Waals surface area contributed by atoms with Crippen molar-refractivity contribution in [2.75, 3.05) is 0 Å². The molecule has 39 heavy (non-hydrogen) atoms. The minimum Gasteiger partial charge on any atom is -0.478 e. The number of aromatic carboxylic acids is 4. The van der Waals surface area contributed by atoms with Crippen molar-refractivity contribution in [3.05, 3.63) is 105 Å². The number of hydrogen-bond donors (Lipinski definition) is 4. The topological polar surface area (TPSA) is 149 Å². The van der Waals surface area contributed by atoms with E-state index >= 15 is 13.2 Å². The van der Waals surface area contributed by atoms with Crippen LogP contribution in [0.15, 0.2) is 60.7 Å². The third-order valence-corrected chi connectivity index (χ3v) is 5.87. The van der Waals surface area contributed by atoms with Crippen LogP contribution in [0.1, 0.15) is 63.7 Å². The zero-order valence-electron chi connectivity index (χ0n) is 19.0. The molecule has 0 unspecified atom stereocenters. The molecule has 3 aromatic rings. The van der Waals surface area contributed by atoms with Crippen LogP contribution in [-0.4, -0.2) is 50.5 Å². The molecule has 0 heterocycles. The standard InChI is InChI=1S/C25H14F6O8/c26-24(27,28)14-3-1-2-11(8-14)23(25(29,30)31,12-4-6-15(19(32)33)17(9-12)21(36)37)13-5-7-16(20(34)35)18(10-13)22(38)39/h1-10H,(H,32,33)(H,34,35)(H,36,37)(H,38,39). The highest BCUT2D eigenvalue weighted by Crippen LogP contribution is 2.52. The summed E-state index contributed by atoms with van der Waals surface area (Å²) in [5.41, 5.74) is -12.7. The molecule has 204 valence electrons. The van der Waals surface area contributed by atoms with Crippen molar-refractivity contribution < 1.29 is 65.9 Å². The van der Waals surface area contributed by atoms with E-state index in [1.807, 2.05) is 0 Å². The number of carbonyl (C=O) groups is 4. The lowest BCUT2D eigenvalue weighted by Crippen LogP contribution is -2.45. The maximum absolute atomic E-state index is 15.2. The van der Waals surface area contributed by atoms with Crippen LogP contribution in [0, 0.1) is 0 Å². The van der Waals surface area contributed by atoms with Gasteiger partial charge >= 0.3 is 36.2 Å². The highest BCUT2D eigenvalue weighted by atomic mass is 19.4. The Morgan fingerprint density at radius 1 is 0.487 bits per heavy atom. The molecule has 4 N–H and O–H groups in total. The van der Waals surface area contributed by atoms with Crippen LogP contribution in [0.4, 0.5) is 26.3 Å². The van der Waals surface area contributed by atoms with Crippen LogP contribution in [0.2, 0.25) is 0 Å². The Kier molecular flexibility index (Phi) is 7.19. The van der Waals surface area contributed by atoms with Crippen molar-refractivity contribution >= 4 is 23.9 Å². The molecule has 0 atom stereocenters. The van der Waals surface area contributed by atoms with E-state index in [1.54, 1.807) is 0 Å². The molecule has 0 aliphatic rings. The summed E-state index contributed by atoms with van der Waals surface area (Å²) in [5, 5.41) is 37.5. The van der Waals surface area contributed by atoms with Crippen molar-refractivity contribution in [3.8, 4) is 0 Å². The fourth-order valence-electron chi connectivity index (χ4n) is 4.20. The predicted molar refractivity (Wildman–Crippen MR) is 118 cm³/mol. The van der Waals surface area contributed by atoms with Crippen molar-refractivity contribution in [1.29, 1.82) is 0 Å². The molecule has 14 heteroatoms. The second-order valence-electron chi connectivity index (χ2n) is 8.07. The van der Waals surface area contributed by atoms with Gasteiger partial charge in [-0.15, -0.1) is 0 Å². The van der Waals surface area contributed by atoms with Gasteiger partial charge in [0.2, 0.25) is 0 Å². The maximum atomic E-state index is 15.2. The third-order valence-electron chi connectivity index (χ3n) is 5.87. The Morgan fingerprint density at radius 3 is 1.18 bits per heavy atom. The van der Waals surface area contributed by atoms with Crippen LogP contribution >= 0.6 is 0 Å². The number of halogens is 6. The minimum absolute atomic E-state index is 0.130. The quantitative estimate of drug-likeness (QED) is 0.223.